The smallest absolute Gasteiger partial charge is 0.325 e. The molecule has 15 heavy (non-hydrogen) atoms. The summed E-state index contributed by atoms with van der Waals surface area (Å²) in [6, 6.07) is 0. The zero-order chi connectivity index (χ0) is 12.7. The number of nitrogens with zero attached hydrogens (tertiary/aromatic N) is 1. The average Bonchev–Trinajstić information content (AvgIpc) is 1.76. The van der Waals surface area contributed by atoms with Gasteiger partial charge in [-0.25, -0.2) is 0 Å². The molecule has 0 saturated heterocycles. The maximum Gasteiger partial charge on any atom is 0.471 e. The highest BCUT2D eigenvalue weighted by atomic mass is 32.3. The van der Waals surface area contributed by atoms with Crippen molar-refractivity contribution in [1.29, 1.82) is 0 Å². The Balaban J connectivity index is 5.26. The number of rotatable bonds is 2. The van der Waals surface area contributed by atoms with Gasteiger partial charge in [-0.3, -0.25) is 4.79 Å². The molecule has 92 valence electrons. The van der Waals surface area contributed by atoms with Gasteiger partial charge < -0.3 is 3.97 Å². The fraction of sp³-hybridized carbons (Fsp3) is 0.875. The van der Waals surface area contributed by atoms with E-state index in [9.17, 15) is 18.0 Å². The summed E-state index contributed by atoms with van der Waals surface area (Å²) in [4.78, 5) is 11.3. The molecule has 0 rings (SSSR count). The van der Waals surface area contributed by atoms with Crippen LogP contribution < -0.4 is 0 Å². The molecule has 0 aliphatic rings. The molecule has 0 aliphatic carbocycles. The number of halogens is 3. The lowest BCUT2D eigenvalue weighted by Gasteiger charge is -2.47. The fourth-order valence-electron chi connectivity index (χ4n) is 1.49. The van der Waals surface area contributed by atoms with E-state index < -0.39 is 30.5 Å². The van der Waals surface area contributed by atoms with E-state index in [0.717, 1.165) is 3.97 Å². The molecule has 0 aromatic rings. The van der Waals surface area contributed by atoms with E-state index in [0.29, 0.717) is 0 Å². The molecule has 7 heteroatoms. The highest BCUT2D eigenvalue weighted by molar-refractivity contribution is 8.31. The Morgan fingerprint density at radius 3 is 1.53 bits per heavy atom. The minimum atomic E-state index is -4.76. The van der Waals surface area contributed by atoms with Crippen LogP contribution in [0.25, 0.3) is 0 Å². The Hall–Kier alpha value is -0.173. The van der Waals surface area contributed by atoms with Crippen molar-refractivity contribution >= 4 is 24.4 Å². The van der Waals surface area contributed by atoms with Gasteiger partial charge in [0.2, 0.25) is 0 Å². The third kappa shape index (κ3) is 4.06. The second-order valence-corrected chi connectivity index (χ2v) is 14.1. The summed E-state index contributed by atoms with van der Waals surface area (Å²) < 4.78 is 38.3. The van der Waals surface area contributed by atoms with Crippen molar-refractivity contribution in [3.63, 3.8) is 0 Å². The third-order valence-electron chi connectivity index (χ3n) is 1.58. The summed E-state index contributed by atoms with van der Waals surface area (Å²) in [6.07, 6.45) is 0.346. The van der Waals surface area contributed by atoms with Crippen LogP contribution in [0, 0.1) is 0 Å². The predicted molar refractivity (Wildman–Crippen MR) is 61.6 cm³/mol. The average molecular weight is 261 g/mol. The summed E-state index contributed by atoms with van der Waals surface area (Å²) >= 11 is 0. The van der Waals surface area contributed by atoms with Crippen LogP contribution >= 0.6 is 10.2 Å². The van der Waals surface area contributed by atoms with Crippen LogP contribution in [0.4, 0.5) is 13.2 Å². The molecule has 0 bridgehead atoms. The van der Waals surface area contributed by atoms with Crippen molar-refractivity contribution in [2.24, 2.45) is 0 Å². The molecule has 0 saturated carbocycles. The number of carbonyl (C=O) groups excluding carboxylic acids is 1. The second kappa shape index (κ2) is 4.01. The van der Waals surface area contributed by atoms with Crippen molar-refractivity contribution in [2.45, 2.75) is 25.8 Å². The molecular formula is C8H18F3NOSSi. The topological polar surface area (TPSA) is 20.3 Å². The second-order valence-electron chi connectivity index (χ2n) is 5.04. The van der Waals surface area contributed by atoms with E-state index in [1.54, 1.807) is 38.4 Å². The van der Waals surface area contributed by atoms with Crippen molar-refractivity contribution in [3.05, 3.63) is 0 Å². The Bertz CT molecular complexity index is 240. The number of carbonyl (C=O) groups is 1. The monoisotopic (exact) mass is 261 g/mol. The molecule has 0 unspecified atom stereocenters. The van der Waals surface area contributed by atoms with Gasteiger partial charge in [0, 0.05) is 0 Å². The van der Waals surface area contributed by atoms with E-state index in [4.69, 9.17) is 0 Å². The summed E-state index contributed by atoms with van der Waals surface area (Å²) in [6.45, 7) is 5.23. The highest BCUT2D eigenvalue weighted by Crippen LogP contribution is 2.45. The van der Waals surface area contributed by atoms with Crippen LogP contribution in [0.2, 0.25) is 19.6 Å². The standard InChI is InChI=1S/C8H18F3NOSSi/c1-14(2,3)12(15(4,5)6)7(13)8(9,10)11/h1-6H3. The summed E-state index contributed by atoms with van der Waals surface area (Å²) in [5, 5.41) is 0. The van der Waals surface area contributed by atoms with Crippen LogP contribution in [-0.2, 0) is 4.79 Å². The Labute approximate surface area is 91.4 Å². The van der Waals surface area contributed by atoms with Gasteiger partial charge in [-0.1, -0.05) is 19.6 Å². The molecule has 0 aromatic carbocycles. The lowest BCUT2D eigenvalue weighted by atomic mass is 10.6. The van der Waals surface area contributed by atoms with Gasteiger partial charge in [0.05, 0.1) is 0 Å². The van der Waals surface area contributed by atoms with E-state index in [-0.39, 0.29) is 0 Å². The molecule has 0 spiro atoms. The minimum absolute atomic E-state index is 1.08. The SMILES string of the molecule is C[Si](C)(C)N(C(=O)C(F)(F)F)S(C)(C)C. The number of amides is 1. The Kier molecular flexibility index (Phi) is 3.96. The van der Waals surface area contributed by atoms with Crippen molar-refractivity contribution in [3.8, 4) is 0 Å². The van der Waals surface area contributed by atoms with Gasteiger partial charge in [-0.15, -0.1) is 0 Å². The molecule has 0 heterocycles. The van der Waals surface area contributed by atoms with Gasteiger partial charge in [0.25, 0.3) is 0 Å². The van der Waals surface area contributed by atoms with Gasteiger partial charge in [-0.2, -0.15) is 23.4 Å². The van der Waals surface area contributed by atoms with Gasteiger partial charge >= 0.3 is 12.1 Å². The van der Waals surface area contributed by atoms with Gasteiger partial charge in [0.15, 0.2) is 8.24 Å². The van der Waals surface area contributed by atoms with Crippen molar-refractivity contribution < 1.29 is 18.0 Å². The van der Waals surface area contributed by atoms with E-state index in [1.807, 2.05) is 0 Å². The molecule has 0 aromatic heterocycles. The Morgan fingerprint density at radius 1 is 1.13 bits per heavy atom. The summed E-state index contributed by atoms with van der Waals surface area (Å²) in [5.41, 5.74) is 0. The zero-order valence-electron chi connectivity index (χ0n) is 9.90. The Morgan fingerprint density at radius 2 is 1.47 bits per heavy atom. The third-order valence-corrected chi connectivity index (χ3v) is 7.55. The van der Waals surface area contributed by atoms with Crippen LogP contribution in [0.1, 0.15) is 0 Å². The number of hydrogen-bond donors (Lipinski definition) is 0. The van der Waals surface area contributed by atoms with Crippen LogP contribution in [0.15, 0.2) is 0 Å². The maximum atomic E-state index is 12.4. The molecular weight excluding hydrogens is 243 g/mol. The largest absolute Gasteiger partial charge is 0.471 e. The summed E-state index contributed by atoms with van der Waals surface area (Å²) in [7, 11) is -3.97. The molecule has 0 radical (unpaired) electrons. The van der Waals surface area contributed by atoms with E-state index >= 15 is 0 Å². The lowest BCUT2D eigenvalue weighted by molar-refractivity contribution is -0.176. The fourth-order valence-corrected chi connectivity index (χ4v) is 9.40. The van der Waals surface area contributed by atoms with Crippen LogP contribution in [0.5, 0.6) is 0 Å². The molecule has 1 amide bonds. The van der Waals surface area contributed by atoms with Crippen molar-refractivity contribution in [2.75, 3.05) is 18.8 Å². The quantitative estimate of drug-likeness (QED) is 0.700. The zero-order valence-corrected chi connectivity index (χ0v) is 11.7. The first kappa shape index (κ1) is 14.8. The van der Waals surface area contributed by atoms with Gasteiger partial charge in [0.1, 0.15) is 0 Å². The summed E-state index contributed by atoms with van der Waals surface area (Å²) in [5.74, 6) is -1.69. The maximum absolute atomic E-state index is 12.4. The predicted octanol–water partition coefficient (Wildman–Crippen LogP) is 2.82. The number of alkyl halides is 3. The lowest BCUT2D eigenvalue weighted by Crippen LogP contribution is -2.54. The minimum Gasteiger partial charge on any atom is -0.325 e. The highest BCUT2D eigenvalue weighted by Gasteiger charge is 2.48. The normalized spacial score (nSPS) is 15.0. The molecule has 0 aliphatic heterocycles. The molecule has 0 fully saturated rings. The first-order valence-electron chi connectivity index (χ1n) is 4.38. The first-order chi connectivity index (χ1) is 6.28. The molecule has 2 nitrogen and oxygen atoms in total. The van der Waals surface area contributed by atoms with Crippen LogP contribution in [0.3, 0.4) is 0 Å². The first-order valence-corrected chi connectivity index (χ1v) is 10.6. The van der Waals surface area contributed by atoms with Crippen molar-refractivity contribution in [1.82, 2.24) is 3.97 Å². The van der Waals surface area contributed by atoms with E-state index in [2.05, 4.69) is 0 Å². The van der Waals surface area contributed by atoms with Gasteiger partial charge in [-0.05, 0) is 18.8 Å². The van der Waals surface area contributed by atoms with Crippen LogP contribution in [-0.4, -0.2) is 43.1 Å². The molecule has 0 N–H and O–H groups in total. The molecule has 0 atom stereocenters. The number of hydrogen-bond acceptors (Lipinski definition) is 1. The van der Waals surface area contributed by atoms with E-state index in [1.165, 1.54) is 0 Å².